The van der Waals surface area contributed by atoms with Gasteiger partial charge in [0, 0.05) is 11.3 Å². The minimum atomic E-state index is -0.562. The topological polar surface area (TPSA) is 68.5 Å². The zero-order valence-corrected chi connectivity index (χ0v) is 16.8. The summed E-state index contributed by atoms with van der Waals surface area (Å²) in [4.78, 5) is 25.2. The van der Waals surface area contributed by atoms with E-state index in [2.05, 4.69) is 0 Å². The number of ether oxygens (including phenoxy) is 1. The molecular weight excluding hydrogens is 378 g/mol. The number of benzene rings is 2. The van der Waals surface area contributed by atoms with Crippen molar-refractivity contribution in [3.05, 3.63) is 94.2 Å². The van der Waals surface area contributed by atoms with Crippen molar-refractivity contribution in [2.45, 2.75) is 13.5 Å². The molecule has 0 aliphatic heterocycles. The fourth-order valence-electron chi connectivity index (χ4n) is 3.77. The molecule has 1 aliphatic rings. The molecule has 5 nitrogen and oxygen atoms in total. The van der Waals surface area contributed by atoms with Crippen molar-refractivity contribution in [3.8, 4) is 5.88 Å². The number of carbonyl (C=O) groups excluding carboxylic acids is 2. The van der Waals surface area contributed by atoms with E-state index < -0.39 is 5.97 Å². The van der Waals surface area contributed by atoms with Crippen LogP contribution in [0.15, 0.2) is 60.7 Å². The molecule has 5 heteroatoms. The zero-order valence-electron chi connectivity index (χ0n) is 16.8. The summed E-state index contributed by atoms with van der Waals surface area (Å²) in [6.45, 7) is 2.14. The maximum Gasteiger partial charge on any atom is 0.340 e. The van der Waals surface area contributed by atoms with Crippen molar-refractivity contribution in [1.82, 2.24) is 4.57 Å². The zero-order chi connectivity index (χ0) is 21.3. The quantitative estimate of drug-likeness (QED) is 0.519. The van der Waals surface area contributed by atoms with Crippen LogP contribution in [0.1, 0.15) is 38.3 Å². The Labute approximate surface area is 174 Å². The lowest BCUT2D eigenvalue weighted by Crippen LogP contribution is -2.07. The lowest BCUT2D eigenvalue weighted by molar-refractivity contribution is -0.109. The van der Waals surface area contributed by atoms with Gasteiger partial charge in [0.2, 0.25) is 0 Å². The Morgan fingerprint density at radius 2 is 1.77 bits per heavy atom. The number of fused-ring (bicyclic) bond motifs is 1. The Balaban J connectivity index is 1.90. The van der Waals surface area contributed by atoms with Gasteiger partial charge in [0.15, 0.2) is 11.7 Å². The monoisotopic (exact) mass is 399 g/mol. The molecule has 2 aromatic carbocycles. The van der Waals surface area contributed by atoms with E-state index in [1.54, 1.807) is 23.6 Å². The number of aromatic hydroxyl groups is 1. The van der Waals surface area contributed by atoms with E-state index >= 15 is 0 Å². The van der Waals surface area contributed by atoms with Gasteiger partial charge in [-0.05, 0) is 35.8 Å². The number of allylic oxidation sites excluding steroid dienone is 2. The van der Waals surface area contributed by atoms with Gasteiger partial charge in [0.1, 0.15) is 0 Å². The van der Waals surface area contributed by atoms with Crippen molar-refractivity contribution in [2.75, 3.05) is 7.11 Å². The Bertz CT molecular complexity index is 1200. The first kappa shape index (κ1) is 19.5. The van der Waals surface area contributed by atoms with Crippen LogP contribution < -0.4 is 0 Å². The van der Waals surface area contributed by atoms with Crippen molar-refractivity contribution in [2.24, 2.45) is 0 Å². The van der Waals surface area contributed by atoms with Gasteiger partial charge >= 0.3 is 5.97 Å². The van der Waals surface area contributed by atoms with Crippen LogP contribution in [-0.4, -0.2) is 28.5 Å². The molecule has 0 bridgehead atoms. The third-order valence-electron chi connectivity index (χ3n) is 5.32. The van der Waals surface area contributed by atoms with E-state index in [1.807, 2.05) is 54.6 Å². The van der Waals surface area contributed by atoms with Crippen LogP contribution in [0.3, 0.4) is 0 Å². The molecule has 150 valence electrons. The number of esters is 1. The van der Waals surface area contributed by atoms with E-state index in [0.29, 0.717) is 17.8 Å². The van der Waals surface area contributed by atoms with Crippen LogP contribution in [0.4, 0.5) is 0 Å². The number of rotatable bonds is 4. The van der Waals surface area contributed by atoms with Gasteiger partial charge in [-0.15, -0.1) is 0 Å². The minimum absolute atomic E-state index is 0.0795. The molecule has 0 radical (unpaired) electrons. The van der Waals surface area contributed by atoms with Gasteiger partial charge in [0.25, 0.3) is 0 Å². The summed E-state index contributed by atoms with van der Waals surface area (Å²) in [5.41, 5.74) is 4.16. The number of carbonyl (C=O) groups is 2. The first-order valence-corrected chi connectivity index (χ1v) is 9.59. The van der Waals surface area contributed by atoms with Gasteiger partial charge in [-0.25, -0.2) is 4.79 Å². The van der Waals surface area contributed by atoms with E-state index in [-0.39, 0.29) is 22.8 Å². The van der Waals surface area contributed by atoms with Gasteiger partial charge < -0.3 is 14.4 Å². The highest BCUT2D eigenvalue weighted by atomic mass is 16.5. The van der Waals surface area contributed by atoms with E-state index in [9.17, 15) is 14.7 Å². The summed E-state index contributed by atoms with van der Waals surface area (Å²) in [6, 6.07) is 17.2. The molecule has 4 rings (SSSR count). The van der Waals surface area contributed by atoms with Gasteiger partial charge in [0.05, 0.1) is 24.8 Å². The largest absolute Gasteiger partial charge is 0.494 e. The Hall–Kier alpha value is -3.86. The maximum atomic E-state index is 12.6. The van der Waals surface area contributed by atoms with Gasteiger partial charge in [-0.1, -0.05) is 60.7 Å². The highest BCUT2D eigenvalue weighted by Gasteiger charge is 2.27. The summed E-state index contributed by atoms with van der Waals surface area (Å²) < 4.78 is 6.63. The van der Waals surface area contributed by atoms with Crippen molar-refractivity contribution >= 4 is 29.5 Å². The van der Waals surface area contributed by atoms with Crippen molar-refractivity contribution < 1.29 is 19.4 Å². The van der Waals surface area contributed by atoms with Crippen LogP contribution in [0.25, 0.3) is 17.7 Å². The van der Waals surface area contributed by atoms with Crippen LogP contribution in [0.2, 0.25) is 0 Å². The van der Waals surface area contributed by atoms with Crippen molar-refractivity contribution in [3.63, 3.8) is 0 Å². The highest BCUT2D eigenvalue weighted by Crippen LogP contribution is 2.35. The summed E-state index contributed by atoms with van der Waals surface area (Å²) in [6.07, 6.45) is 4.85. The maximum absolute atomic E-state index is 12.6. The third kappa shape index (κ3) is 3.35. The lowest BCUT2D eigenvalue weighted by atomic mass is 9.90. The SMILES string of the molecule is COC(=O)c1c(C=C2C(=O)C=Cc3ccccc32)c(O)n(Cc2ccccc2)c1C. The van der Waals surface area contributed by atoms with E-state index in [1.165, 1.54) is 13.2 Å². The highest BCUT2D eigenvalue weighted by molar-refractivity contribution is 6.33. The first-order valence-electron chi connectivity index (χ1n) is 9.59. The third-order valence-corrected chi connectivity index (χ3v) is 5.32. The molecule has 0 saturated carbocycles. The average Bonchev–Trinajstić information content (AvgIpc) is 3.00. The summed E-state index contributed by atoms with van der Waals surface area (Å²) in [7, 11) is 1.30. The van der Waals surface area contributed by atoms with Crippen LogP contribution in [0, 0.1) is 6.92 Å². The summed E-state index contributed by atoms with van der Waals surface area (Å²) in [5.74, 6) is -0.824. The molecule has 0 atom stereocenters. The smallest absolute Gasteiger partial charge is 0.340 e. The van der Waals surface area contributed by atoms with Crippen LogP contribution in [0.5, 0.6) is 5.88 Å². The molecule has 0 unspecified atom stereocenters. The second-order valence-electron chi connectivity index (χ2n) is 7.10. The Kier molecular flexibility index (Phi) is 5.11. The van der Waals surface area contributed by atoms with E-state index in [0.717, 1.165) is 16.7 Å². The first-order chi connectivity index (χ1) is 14.5. The normalized spacial score (nSPS) is 14.1. The predicted octanol–water partition coefficient (Wildman–Crippen LogP) is 4.47. The number of methoxy groups -OCH3 is 1. The standard InChI is InChI=1S/C25H21NO4/c1-16-23(25(29)30-2)21(24(28)26(16)15-17-8-4-3-5-9-17)14-20-19-11-7-6-10-18(19)12-13-22(20)27/h3-14,28H,15H2,1-2H3. The average molecular weight is 399 g/mol. The molecule has 1 heterocycles. The molecule has 1 N–H and O–H groups in total. The number of ketones is 1. The van der Waals surface area contributed by atoms with Crippen LogP contribution in [-0.2, 0) is 16.1 Å². The Morgan fingerprint density at radius 1 is 1.07 bits per heavy atom. The molecule has 1 aromatic heterocycles. The minimum Gasteiger partial charge on any atom is -0.494 e. The van der Waals surface area contributed by atoms with Crippen LogP contribution >= 0.6 is 0 Å². The molecule has 30 heavy (non-hydrogen) atoms. The Morgan fingerprint density at radius 3 is 2.50 bits per heavy atom. The summed E-state index contributed by atoms with van der Waals surface area (Å²) in [5, 5.41) is 11.0. The molecule has 0 amide bonds. The molecule has 0 spiro atoms. The number of hydrogen-bond acceptors (Lipinski definition) is 4. The molecule has 3 aromatic rings. The van der Waals surface area contributed by atoms with Gasteiger partial charge in [-0.3, -0.25) is 4.79 Å². The predicted molar refractivity (Wildman–Crippen MR) is 116 cm³/mol. The summed E-state index contributed by atoms with van der Waals surface area (Å²) >= 11 is 0. The fourth-order valence-corrected chi connectivity index (χ4v) is 3.77. The number of hydrogen-bond donors (Lipinski definition) is 1. The molecule has 0 saturated heterocycles. The molecule has 0 fully saturated rings. The number of nitrogens with zero attached hydrogens (tertiary/aromatic N) is 1. The lowest BCUT2D eigenvalue weighted by Gasteiger charge is -2.13. The second kappa shape index (κ2) is 7.87. The second-order valence-corrected chi connectivity index (χ2v) is 7.10. The van der Waals surface area contributed by atoms with Gasteiger partial charge in [-0.2, -0.15) is 0 Å². The van der Waals surface area contributed by atoms with E-state index in [4.69, 9.17) is 4.74 Å². The molecular formula is C25H21NO4. The molecule has 1 aliphatic carbocycles. The number of aromatic nitrogens is 1. The van der Waals surface area contributed by atoms with Crippen molar-refractivity contribution in [1.29, 1.82) is 0 Å². The fraction of sp³-hybridized carbons (Fsp3) is 0.120.